The number of hydrogen-bond donors (Lipinski definition) is 0. The molecule has 24 valence electrons. The predicted octanol–water partition coefficient (Wildman–Crippen LogP) is -2.22. The molecule has 0 fully saturated rings. The Bertz CT molecular complexity index is 8.00. The van der Waals surface area contributed by atoms with E-state index in [1.54, 1.807) is 0 Å². The molecule has 0 N–H and O–H groups in total. The molecule has 0 aliphatic rings. The molecular formula is H5BiOSiTi. The first-order valence-corrected chi connectivity index (χ1v) is 0.866. The minimum Gasteiger partial charge on any atom is 0 e. The maximum absolute atomic E-state index is 8.28. The molecule has 0 heterocycles. The van der Waals surface area contributed by atoms with Crippen molar-refractivity contribution >= 4 is 36.3 Å². The number of hydrogen-bond acceptors (Lipinski definition) is 1. The molecule has 0 aromatic heterocycles. The van der Waals surface area contributed by atoms with Crippen molar-refractivity contribution in [2.24, 2.45) is 0 Å². The summed E-state index contributed by atoms with van der Waals surface area (Å²) in [4.78, 5) is 0. The molecule has 0 amide bonds. The van der Waals surface area contributed by atoms with Gasteiger partial charge in [-0.25, -0.2) is 0 Å². The van der Waals surface area contributed by atoms with Crippen molar-refractivity contribution in [2.75, 3.05) is 0 Å². The molecule has 0 saturated heterocycles. The van der Waals surface area contributed by atoms with E-state index in [0.717, 1.165) is 0 Å². The molecule has 0 radical (unpaired) electrons. The standard InChI is InChI=1S/Bi.H2OSi.Ti.3H/c;1-2;;;;/h;2H2;;;;. The first kappa shape index (κ1) is 17.5. The van der Waals surface area contributed by atoms with Crippen LogP contribution in [0.4, 0.5) is 0 Å². The Morgan fingerprint density at radius 2 is 1.25 bits per heavy atom. The van der Waals surface area contributed by atoms with Crippen molar-refractivity contribution in [1.29, 1.82) is 0 Å². The van der Waals surface area contributed by atoms with Gasteiger partial charge in [-0.15, -0.1) is 0 Å². The first-order valence-electron chi connectivity index (χ1n) is 0.289. The molecule has 0 aliphatic carbocycles. The Morgan fingerprint density at radius 3 is 1.25 bits per heavy atom. The largest absolute Gasteiger partial charge is 0 e. The minimum absolute atomic E-state index is 0. The fourth-order valence-electron chi connectivity index (χ4n) is 0. The molecule has 0 spiro atoms. The van der Waals surface area contributed by atoms with Gasteiger partial charge >= 0.3 is 26.2 Å². The molecule has 4 heteroatoms. The monoisotopic (exact) mass is 306 g/mol. The second-order valence-electron chi connectivity index (χ2n) is 0. The SMILES string of the molecule is O=[SiH2].[BiH3].[Ti]. The van der Waals surface area contributed by atoms with Crippen LogP contribution in [0.5, 0.6) is 0 Å². The smallest absolute Gasteiger partial charge is 0 e. The third kappa shape index (κ3) is 9.48. The van der Waals surface area contributed by atoms with E-state index in [1.165, 1.54) is 0 Å². The van der Waals surface area contributed by atoms with Gasteiger partial charge in [0, 0.05) is 21.7 Å². The molecule has 0 rings (SSSR count). The van der Waals surface area contributed by atoms with Crippen molar-refractivity contribution in [1.82, 2.24) is 0 Å². The van der Waals surface area contributed by atoms with E-state index in [-0.39, 0.29) is 47.9 Å². The van der Waals surface area contributed by atoms with Crippen LogP contribution in [-0.4, -0.2) is 36.3 Å². The van der Waals surface area contributed by atoms with Gasteiger partial charge in [-0.1, -0.05) is 0 Å². The van der Waals surface area contributed by atoms with Crippen LogP contribution in [0.2, 0.25) is 0 Å². The van der Waals surface area contributed by atoms with Crippen molar-refractivity contribution in [2.45, 2.75) is 0 Å². The Balaban J connectivity index is -0.00000000500. The van der Waals surface area contributed by atoms with Gasteiger partial charge in [-0.2, -0.15) is 0 Å². The maximum atomic E-state index is 8.28. The molecule has 0 bridgehead atoms. The average molecular weight is 306 g/mol. The quantitative estimate of drug-likeness (QED) is 0.464. The van der Waals surface area contributed by atoms with Crippen LogP contribution < -0.4 is 0 Å². The van der Waals surface area contributed by atoms with E-state index in [9.17, 15) is 0 Å². The van der Waals surface area contributed by atoms with Crippen LogP contribution in [0.1, 0.15) is 0 Å². The van der Waals surface area contributed by atoms with Gasteiger partial charge in [0.05, 0.1) is 0 Å². The van der Waals surface area contributed by atoms with Crippen LogP contribution in [-0.2, 0) is 26.2 Å². The summed E-state index contributed by atoms with van der Waals surface area (Å²) in [5.41, 5.74) is 0. The molecule has 0 aromatic carbocycles. The third-order valence-corrected chi connectivity index (χ3v) is 0. The maximum Gasteiger partial charge on any atom is 0 e. The van der Waals surface area contributed by atoms with Gasteiger partial charge < -0.3 is 4.46 Å². The van der Waals surface area contributed by atoms with Gasteiger partial charge in [0.2, 0.25) is 10.1 Å². The fourth-order valence-corrected chi connectivity index (χ4v) is 0. The van der Waals surface area contributed by atoms with Crippen molar-refractivity contribution in [3.63, 3.8) is 0 Å². The summed E-state index contributed by atoms with van der Waals surface area (Å²) < 4.78 is 8.28. The van der Waals surface area contributed by atoms with Crippen LogP contribution in [0.25, 0.3) is 0 Å². The molecule has 0 saturated carbocycles. The summed E-state index contributed by atoms with van der Waals surface area (Å²) in [7, 11) is 0.611. The summed E-state index contributed by atoms with van der Waals surface area (Å²) in [6, 6.07) is 0. The summed E-state index contributed by atoms with van der Waals surface area (Å²) in [5.74, 6) is 0. The zero-order valence-corrected chi connectivity index (χ0v) is 10.8. The van der Waals surface area contributed by atoms with E-state index in [1.807, 2.05) is 0 Å². The van der Waals surface area contributed by atoms with E-state index in [4.69, 9.17) is 4.46 Å². The fraction of sp³-hybridized carbons (Fsp3) is 0. The normalized spacial score (nSPS) is 1.00. The van der Waals surface area contributed by atoms with E-state index >= 15 is 0 Å². The zero-order chi connectivity index (χ0) is 2.00. The molecule has 4 heavy (non-hydrogen) atoms. The molecule has 0 unspecified atom stereocenters. The molecular weight excluding hydrogens is 301 g/mol. The van der Waals surface area contributed by atoms with E-state index in [0.29, 0.717) is 10.1 Å². The van der Waals surface area contributed by atoms with E-state index in [2.05, 4.69) is 0 Å². The second-order valence-corrected chi connectivity index (χ2v) is 0. The zero-order valence-electron chi connectivity index (χ0n) is 2.32. The minimum atomic E-state index is 0. The Hall–Kier alpha value is 1.61. The van der Waals surface area contributed by atoms with Gasteiger partial charge in [-0.05, 0) is 0 Å². The first-order chi connectivity index (χ1) is 1.00. The second kappa shape index (κ2) is 23.1. The summed E-state index contributed by atoms with van der Waals surface area (Å²) in [6.07, 6.45) is 0. The van der Waals surface area contributed by atoms with Crippen LogP contribution in [0.3, 0.4) is 0 Å². The molecule has 0 aromatic rings. The van der Waals surface area contributed by atoms with E-state index < -0.39 is 0 Å². The van der Waals surface area contributed by atoms with Crippen molar-refractivity contribution in [3.8, 4) is 0 Å². The van der Waals surface area contributed by atoms with Gasteiger partial charge in [-0.3, -0.25) is 0 Å². The van der Waals surface area contributed by atoms with Crippen LogP contribution >= 0.6 is 0 Å². The van der Waals surface area contributed by atoms with Gasteiger partial charge in [0.1, 0.15) is 0 Å². The Morgan fingerprint density at radius 1 is 1.25 bits per heavy atom. The topological polar surface area (TPSA) is 17.1 Å². The van der Waals surface area contributed by atoms with Crippen LogP contribution in [0.15, 0.2) is 0 Å². The molecule has 0 atom stereocenters. The Kier molecular flexibility index (Phi) is 101. The average Bonchev–Trinajstić information content (AvgIpc) is 1.00. The third-order valence-electron chi connectivity index (χ3n) is 0. The summed E-state index contributed by atoms with van der Waals surface area (Å²) in [5, 5.41) is 0. The van der Waals surface area contributed by atoms with Gasteiger partial charge in [0.15, 0.2) is 0 Å². The summed E-state index contributed by atoms with van der Waals surface area (Å²) >= 11 is 0. The Labute approximate surface area is 62.0 Å². The number of rotatable bonds is 0. The van der Waals surface area contributed by atoms with Crippen molar-refractivity contribution < 1.29 is 26.2 Å². The molecule has 0 aliphatic heterocycles. The summed E-state index contributed by atoms with van der Waals surface area (Å²) in [6.45, 7) is 0. The van der Waals surface area contributed by atoms with Gasteiger partial charge in [0.25, 0.3) is 0 Å². The van der Waals surface area contributed by atoms with Crippen LogP contribution in [0, 0.1) is 0 Å². The predicted molar refractivity (Wildman–Crippen MR) is 19.2 cm³/mol. The molecule has 1 nitrogen and oxygen atoms in total. The van der Waals surface area contributed by atoms with Crippen molar-refractivity contribution in [3.05, 3.63) is 0 Å².